The maximum Gasteiger partial charge on any atom is 0.300 e. The van der Waals surface area contributed by atoms with Crippen LogP contribution in [-0.4, -0.2) is 43.7 Å². The van der Waals surface area contributed by atoms with Crippen LogP contribution < -0.4 is 23.8 Å². The summed E-state index contributed by atoms with van der Waals surface area (Å²) in [6.45, 7) is 6.91. The molecule has 3 aromatic carbocycles. The molecule has 38 heavy (non-hydrogen) atoms. The third-order valence-electron chi connectivity index (χ3n) is 6.90. The van der Waals surface area contributed by atoms with Crippen LogP contribution in [0.25, 0.3) is 5.76 Å². The zero-order valence-corrected chi connectivity index (χ0v) is 21.7. The average molecular weight is 516 g/mol. The first-order valence-electron chi connectivity index (χ1n) is 12.4. The number of aryl methyl sites for hydroxylation is 1. The van der Waals surface area contributed by atoms with Crippen molar-refractivity contribution in [2.45, 2.75) is 26.8 Å². The number of benzene rings is 3. The van der Waals surface area contributed by atoms with Crippen LogP contribution >= 0.6 is 0 Å². The maximum absolute atomic E-state index is 13.6. The van der Waals surface area contributed by atoms with Crippen molar-refractivity contribution in [3.63, 3.8) is 0 Å². The van der Waals surface area contributed by atoms with Gasteiger partial charge in [0.2, 0.25) is 0 Å². The normalized spacial score (nSPS) is 18.0. The van der Waals surface area contributed by atoms with Crippen LogP contribution in [0.3, 0.4) is 0 Å². The number of hydrogen-bond acceptors (Lipinski definition) is 7. The van der Waals surface area contributed by atoms with E-state index >= 15 is 0 Å². The van der Waals surface area contributed by atoms with Crippen molar-refractivity contribution in [2.75, 3.05) is 31.8 Å². The van der Waals surface area contributed by atoms with Gasteiger partial charge in [-0.2, -0.15) is 0 Å². The first-order chi connectivity index (χ1) is 18.3. The second kappa shape index (κ2) is 10.1. The number of nitrogens with zero attached hydrogens (tertiary/aromatic N) is 1. The van der Waals surface area contributed by atoms with E-state index in [0.717, 1.165) is 11.1 Å². The molecule has 0 saturated carbocycles. The minimum atomic E-state index is -0.909. The number of anilines is 1. The molecule has 8 nitrogen and oxygen atoms in total. The van der Waals surface area contributed by atoms with Crippen molar-refractivity contribution in [2.24, 2.45) is 0 Å². The summed E-state index contributed by atoms with van der Waals surface area (Å²) in [5, 5.41) is 11.5. The number of methoxy groups -OCH3 is 1. The van der Waals surface area contributed by atoms with Gasteiger partial charge in [-0.15, -0.1) is 0 Å². The van der Waals surface area contributed by atoms with Crippen LogP contribution in [0.15, 0.2) is 60.2 Å². The highest BCUT2D eigenvalue weighted by Gasteiger charge is 2.47. The maximum atomic E-state index is 13.6. The largest absolute Gasteiger partial charge is 0.507 e. The molecule has 0 bridgehead atoms. The lowest BCUT2D eigenvalue weighted by atomic mass is 9.94. The Kier molecular flexibility index (Phi) is 6.72. The summed E-state index contributed by atoms with van der Waals surface area (Å²) in [7, 11) is 1.54. The van der Waals surface area contributed by atoms with E-state index in [0.29, 0.717) is 59.6 Å². The van der Waals surface area contributed by atoms with Crippen LogP contribution in [0.1, 0.15) is 35.2 Å². The molecule has 0 aromatic heterocycles. The molecule has 0 radical (unpaired) electrons. The Hall–Kier alpha value is -4.46. The van der Waals surface area contributed by atoms with Gasteiger partial charge in [0, 0.05) is 11.3 Å². The Bertz CT molecular complexity index is 1460. The van der Waals surface area contributed by atoms with Gasteiger partial charge in [0.05, 0.1) is 25.3 Å². The van der Waals surface area contributed by atoms with Crippen LogP contribution in [-0.2, 0) is 9.59 Å². The van der Waals surface area contributed by atoms with Gasteiger partial charge in [-0.1, -0.05) is 18.2 Å². The van der Waals surface area contributed by atoms with Crippen LogP contribution in [0, 0.1) is 13.8 Å². The summed E-state index contributed by atoms with van der Waals surface area (Å²) in [5.41, 5.74) is 3.33. The first-order valence-corrected chi connectivity index (χ1v) is 12.4. The highest BCUT2D eigenvalue weighted by atomic mass is 16.6. The summed E-state index contributed by atoms with van der Waals surface area (Å²) < 4.78 is 22.5. The average Bonchev–Trinajstić information content (AvgIpc) is 3.19. The Morgan fingerprint density at radius 3 is 2.50 bits per heavy atom. The molecular weight excluding hydrogens is 486 g/mol. The molecule has 2 aliphatic rings. The van der Waals surface area contributed by atoms with Crippen molar-refractivity contribution in [1.82, 2.24) is 0 Å². The number of fused-ring (bicyclic) bond motifs is 1. The molecule has 3 aromatic rings. The van der Waals surface area contributed by atoms with Crippen molar-refractivity contribution in [3.05, 3.63) is 82.4 Å². The highest BCUT2D eigenvalue weighted by molar-refractivity contribution is 6.51. The number of rotatable bonds is 6. The van der Waals surface area contributed by atoms with Gasteiger partial charge in [0.15, 0.2) is 23.0 Å². The third-order valence-corrected chi connectivity index (χ3v) is 6.90. The summed E-state index contributed by atoms with van der Waals surface area (Å²) >= 11 is 0. The summed E-state index contributed by atoms with van der Waals surface area (Å²) in [5.74, 6) is 0.199. The molecule has 2 heterocycles. The fraction of sp³-hybridized carbons (Fsp3) is 0.267. The molecule has 196 valence electrons. The Morgan fingerprint density at radius 1 is 1.00 bits per heavy atom. The van der Waals surface area contributed by atoms with E-state index in [1.165, 1.54) is 4.90 Å². The molecule has 1 atom stereocenters. The number of amides is 1. The van der Waals surface area contributed by atoms with E-state index in [9.17, 15) is 14.7 Å². The fourth-order valence-electron chi connectivity index (χ4n) is 4.87. The molecule has 1 fully saturated rings. The van der Waals surface area contributed by atoms with E-state index in [2.05, 4.69) is 0 Å². The molecule has 0 aliphatic carbocycles. The molecule has 8 heteroatoms. The Balaban J connectivity index is 1.74. The number of carbonyl (C=O) groups is 2. The number of aliphatic hydroxyl groups excluding tert-OH is 1. The van der Waals surface area contributed by atoms with Gasteiger partial charge in [-0.05, 0) is 73.9 Å². The topological polar surface area (TPSA) is 94.5 Å². The zero-order chi connectivity index (χ0) is 27.0. The van der Waals surface area contributed by atoms with Gasteiger partial charge in [-0.25, -0.2) is 0 Å². The van der Waals surface area contributed by atoms with Crippen molar-refractivity contribution in [3.8, 4) is 23.0 Å². The Labute approximate surface area is 221 Å². The van der Waals surface area contributed by atoms with Crippen molar-refractivity contribution >= 4 is 23.1 Å². The monoisotopic (exact) mass is 515 g/mol. The smallest absolute Gasteiger partial charge is 0.300 e. The van der Waals surface area contributed by atoms with E-state index in [4.69, 9.17) is 18.9 Å². The van der Waals surface area contributed by atoms with Crippen LogP contribution in [0.2, 0.25) is 0 Å². The van der Waals surface area contributed by atoms with E-state index in [1.807, 2.05) is 32.9 Å². The molecule has 5 rings (SSSR count). The lowest BCUT2D eigenvalue weighted by Gasteiger charge is -2.28. The molecule has 0 spiro atoms. The second-order valence-corrected chi connectivity index (χ2v) is 9.09. The summed E-state index contributed by atoms with van der Waals surface area (Å²) in [6.07, 6.45) is 0. The molecule has 1 N–H and O–H groups in total. The minimum absolute atomic E-state index is 0.0276. The number of carbonyl (C=O) groups excluding carboxylic acids is 2. The molecule has 1 amide bonds. The SMILES string of the molecule is CCOc1cc(C2/C(=C(\O)c3ccc4c(c3)OCCO4)C(=O)C(=O)N2c2cccc(C)c2C)ccc1OC. The molecular formula is C30H29NO7. The third kappa shape index (κ3) is 4.22. The van der Waals surface area contributed by atoms with E-state index < -0.39 is 17.7 Å². The van der Waals surface area contributed by atoms with Gasteiger partial charge < -0.3 is 24.1 Å². The number of Topliss-reactive ketones (excluding diaryl/α,β-unsaturated/α-hetero) is 1. The van der Waals surface area contributed by atoms with Gasteiger partial charge in [0.25, 0.3) is 11.7 Å². The first kappa shape index (κ1) is 25.2. The number of ether oxygens (including phenoxy) is 4. The second-order valence-electron chi connectivity index (χ2n) is 9.09. The number of ketones is 1. The fourth-order valence-corrected chi connectivity index (χ4v) is 4.87. The minimum Gasteiger partial charge on any atom is -0.507 e. The predicted molar refractivity (Wildman–Crippen MR) is 142 cm³/mol. The molecule has 2 aliphatic heterocycles. The van der Waals surface area contributed by atoms with Gasteiger partial charge >= 0.3 is 0 Å². The van der Waals surface area contributed by atoms with Crippen molar-refractivity contribution < 1.29 is 33.6 Å². The predicted octanol–water partition coefficient (Wildman–Crippen LogP) is 5.11. The summed E-state index contributed by atoms with van der Waals surface area (Å²) in [6, 6.07) is 14.9. The standard InChI is InChI=1S/C30H29NO7/c1-5-36-24-15-19(9-11-22(24)35-4)27-26(28(32)20-10-12-23-25(16-20)38-14-13-37-23)29(33)30(34)31(27)21-8-6-7-17(2)18(21)3/h6-12,15-16,27,32H,5,13-14H2,1-4H3/b28-26+. The quantitative estimate of drug-likeness (QED) is 0.277. The lowest BCUT2D eigenvalue weighted by Crippen LogP contribution is -2.30. The lowest BCUT2D eigenvalue weighted by molar-refractivity contribution is -0.132. The van der Waals surface area contributed by atoms with E-state index in [-0.39, 0.29) is 11.3 Å². The number of hydrogen-bond donors (Lipinski definition) is 1. The zero-order valence-electron chi connectivity index (χ0n) is 21.7. The molecule has 1 saturated heterocycles. The van der Waals surface area contributed by atoms with Gasteiger partial charge in [-0.3, -0.25) is 14.5 Å². The summed E-state index contributed by atoms with van der Waals surface area (Å²) in [4.78, 5) is 28.6. The van der Waals surface area contributed by atoms with E-state index in [1.54, 1.807) is 49.6 Å². The highest BCUT2D eigenvalue weighted by Crippen LogP contribution is 2.46. The van der Waals surface area contributed by atoms with Crippen LogP contribution in [0.5, 0.6) is 23.0 Å². The number of aliphatic hydroxyl groups is 1. The van der Waals surface area contributed by atoms with Gasteiger partial charge in [0.1, 0.15) is 19.0 Å². The molecule has 1 unspecified atom stereocenters. The Morgan fingerprint density at radius 2 is 1.76 bits per heavy atom. The van der Waals surface area contributed by atoms with Crippen molar-refractivity contribution in [1.29, 1.82) is 0 Å². The van der Waals surface area contributed by atoms with Crippen LogP contribution in [0.4, 0.5) is 5.69 Å².